The molecule has 0 radical (unpaired) electrons. The minimum absolute atomic E-state index is 0.0300. The van der Waals surface area contributed by atoms with E-state index in [9.17, 15) is 37.9 Å². The fourth-order valence-corrected chi connectivity index (χ4v) is 6.99. The molecule has 1 heterocycles. The van der Waals surface area contributed by atoms with Crippen molar-refractivity contribution in [3.63, 3.8) is 0 Å². The summed E-state index contributed by atoms with van der Waals surface area (Å²) >= 11 is 0. The summed E-state index contributed by atoms with van der Waals surface area (Å²) in [5.41, 5.74) is 0. The van der Waals surface area contributed by atoms with Crippen LogP contribution in [0.3, 0.4) is 0 Å². The number of esters is 2. The van der Waals surface area contributed by atoms with Crippen LogP contribution in [0.4, 0.5) is 0 Å². The average molecular weight is 917 g/mol. The third-order valence-corrected chi connectivity index (χ3v) is 10.6. The van der Waals surface area contributed by atoms with E-state index in [1.165, 1.54) is 0 Å². The maximum absolute atomic E-state index is 12.8. The Balaban J connectivity index is 2.50. The van der Waals surface area contributed by atoms with Crippen LogP contribution in [-0.2, 0) is 38.7 Å². The second-order valence-corrected chi connectivity index (χ2v) is 17.1. The summed E-state index contributed by atoms with van der Waals surface area (Å²) < 4.78 is 54.0. The first-order chi connectivity index (χ1) is 31.0. The van der Waals surface area contributed by atoms with Crippen molar-refractivity contribution >= 4 is 22.1 Å². The number of hydrogen-bond acceptors (Lipinski definition) is 11. The molecular weight excluding hydrogens is 837 g/mol. The van der Waals surface area contributed by atoms with Gasteiger partial charge in [0.1, 0.15) is 36.8 Å². The van der Waals surface area contributed by atoms with Crippen molar-refractivity contribution in [2.45, 2.75) is 179 Å². The Morgan fingerprint density at radius 1 is 0.531 bits per heavy atom. The smallest absolute Gasteiger partial charge is 0.306 e. The number of aliphatic hydroxyl groups excluding tert-OH is 3. The van der Waals surface area contributed by atoms with Crippen molar-refractivity contribution in [2.75, 3.05) is 19.0 Å². The van der Waals surface area contributed by atoms with Gasteiger partial charge in [-0.2, -0.15) is 8.42 Å². The number of hydrogen-bond donors (Lipinski definition) is 4. The lowest BCUT2D eigenvalue weighted by Gasteiger charge is -2.40. The zero-order chi connectivity index (χ0) is 46.9. The maximum atomic E-state index is 12.8. The molecule has 6 unspecified atom stereocenters. The van der Waals surface area contributed by atoms with Crippen LogP contribution in [0, 0.1) is 0 Å². The van der Waals surface area contributed by atoms with Crippen LogP contribution >= 0.6 is 0 Å². The molecule has 0 aromatic carbocycles. The molecule has 64 heavy (non-hydrogen) atoms. The quantitative estimate of drug-likeness (QED) is 0.0200. The zero-order valence-electron chi connectivity index (χ0n) is 38.6. The van der Waals surface area contributed by atoms with Crippen molar-refractivity contribution in [1.82, 2.24) is 0 Å². The molecule has 0 amide bonds. The molecule has 362 valence electrons. The van der Waals surface area contributed by atoms with E-state index in [1.807, 2.05) is 18.2 Å². The third kappa shape index (κ3) is 33.8. The van der Waals surface area contributed by atoms with Gasteiger partial charge in [0.2, 0.25) is 0 Å². The highest BCUT2D eigenvalue weighted by Gasteiger charge is 2.46. The largest absolute Gasteiger partial charge is 0.462 e. The Hall–Kier alpha value is -3.69. The van der Waals surface area contributed by atoms with Gasteiger partial charge >= 0.3 is 11.9 Å². The fourth-order valence-electron chi connectivity index (χ4n) is 6.30. The molecule has 0 saturated carbocycles. The summed E-state index contributed by atoms with van der Waals surface area (Å²) in [7, 11) is -4.62. The van der Waals surface area contributed by atoms with Gasteiger partial charge in [-0.05, 0) is 83.5 Å². The lowest BCUT2D eigenvalue weighted by molar-refractivity contribution is -0.297. The normalized spacial score (nSPS) is 20.6. The lowest BCUT2D eigenvalue weighted by atomic mass is 10.00. The molecule has 0 aliphatic carbocycles. The van der Waals surface area contributed by atoms with Crippen LogP contribution in [0.25, 0.3) is 0 Å². The molecule has 1 rings (SSSR count). The van der Waals surface area contributed by atoms with E-state index in [2.05, 4.69) is 105 Å². The highest BCUT2D eigenvalue weighted by atomic mass is 32.2. The van der Waals surface area contributed by atoms with E-state index < -0.39 is 71.2 Å². The van der Waals surface area contributed by atoms with Gasteiger partial charge < -0.3 is 34.3 Å². The van der Waals surface area contributed by atoms with E-state index in [1.54, 1.807) is 0 Å². The molecule has 1 fully saturated rings. The molecule has 0 aromatic rings. The van der Waals surface area contributed by atoms with Crippen molar-refractivity contribution < 1.29 is 56.8 Å². The Labute approximate surface area is 385 Å². The Morgan fingerprint density at radius 3 is 1.45 bits per heavy atom. The van der Waals surface area contributed by atoms with Gasteiger partial charge in [-0.3, -0.25) is 14.1 Å². The Morgan fingerprint density at radius 2 is 0.969 bits per heavy atom. The number of ether oxygens (including phenoxy) is 4. The van der Waals surface area contributed by atoms with Crippen molar-refractivity contribution in [2.24, 2.45) is 0 Å². The van der Waals surface area contributed by atoms with Crippen molar-refractivity contribution in [3.05, 3.63) is 109 Å². The molecule has 1 aliphatic heterocycles. The summed E-state index contributed by atoms with van der Waals surface area (Å²) in [6.45, 7) is 3.45. The molecule has 1 saturated heterocycles. The number of allylic oxidation sites excluding steroid dienone is 18. The van der Waals surface area contributed by atoms with Crippen LogP contribution in [0.5, 0.6) is 0 Å². The average Bonchev–Trinajstić information content (AvgIpc) is 3.26. The molecule has 0 aromatic heterocycles. The van der Waals surface area contributed by atoms with Gasteiger partial charge in [0, 0.05) is 12.8 Å². The number of carbonyl (C=O) groups is 2. The summed E-state index contributed by atoms with van der Waals surface area (Å²) in [6.07, 6.45) is 45.7. The van der Waals surface area contributed by atoms with Gasteiger partial charge in [-0.25, -0.2) is 0 Å². The van der Waals surface area contributed by atoms with Gasteiger partial charge in [0.15, 0.2) is 12.4 Å². The summed E-state index contributed by atoms with van der Waals surface area (Å²) in [5.74, 6) is -2.12. The monoisotopic (exact) mass is 917 g/mol. The van der Waals surface area contributed by atoms with Crippen molar-refractivity contribution in [3.8, 4) is 0 Å². The minimum Gasteiger partial charge on any atom is -0.462 e. The predicted octanol–water partition coefficient (Wildman–Crippen LogP) is 10.0. The predicted molar refractivity (Wildman–Crippen MR) is 256 cm³/mol. The first kappa shape index (κ1) is 58.3. The van der Waals surface area contributed by atoms with Gasteiger partial charge in [0.05, 0.1) is 6.61 Å². The fraction of sp³-hybridized carbons (Fsp3) is 0.608. The molecule has 0 bridgehead atoms. The molecule has 6 atom stereocenters. The van der Waals surface area contributed by atoms with E-state index in [0.29, 0.717) is 19.3 Å². The maximum Gasteiger partial charge on any atom is 0.306 e. The topological polar surface area (TPSA) is 186 Å². The molecule has 12 nitrogen and oxygen atoms in total. The number of unbranched alkanes of at least 4 members (excludes halogenated alkanes) is 7. The van der Waals surface area contributed by atoms with E-state index in [0.717, 1.165) is 96.3 Å². The molecule has 1 aliphatic rings. The van der Waals surface area contributed by atoms with E-state index in [4.69, 9.17) is 18.9 Å². The zero-order valence-corrected chi connectivity index (χ0v) is 39.4. The van der Waals surface area contributed by atoms with Gasteiger partial charge in [0.25, 0.3) is 10.1 Å². The summed E-state index contributed by atoms with van der Waals surface area (Å²) in [4.78, 5) is 25.4. The van der Waals surface area contributed by atoms with Crippen LogP contribution in [0.1, 0.15) is 142 Å². The molecule has 4 N–H and O–H groups in total. The highest BCUT2D eigenvalue weighted by Crippen LogP contribution is 2.24. The number of aliphatic hydroxyl groups is 3. The lowest BCUT2D eigenvalue weighted by Crippen LogP contribution is -2.60. The second kappa shape index (κ2) is 39.7. The van der Waals surface area contributed by atoms with Crippen molar-refractivity contribution in [1.29, 1.82) is 0 Å². The highest BCUT2D eigenvalue weighted by molar-refractivity contribution is 7.85. The first-order valence-corrected chi connectivity index (χ1v) is 25.1. The van der Waals surface area contributed by atoms with Crippen LogP contribution in [0.15, 0.2) is 109 Å². The van der Waals surface area contributed by atoms with Gasteiger partial charge in [-0.15, -0.1) is 0 Å². The molecular formula is C51H80O12S. The SMILES string of the molecule is CC/C=C\C/C=C\C/C=C\C/C=C\C/C=C\C/C=C\CCC(=O)OC(COC(=O)CCCCCCCCC/C=C\C/C=C\C/C=C\CC)COC1OC(CS(=O)(=O)O)C(O)C(O)C1O. The van der Waals surface area contributed by atoms with E-state index >= 15 is 0 Å². The first-order valence-electron chi connectivity index (χ1n) is 23.4. The third-order valence-electron chi connectivity index (χ3n) is 9.86. The Kier molecular flexibility index (Phi) is 36.1. The standard InChI is InChI=1S/C51H80O12S/c1-3-5-7-9-11-13-15-17-19-21-22-24-26-28-30-32-34-36-38-40-47(53)62-44(42-61-51-50(56)49(55)48(54)45(63-51)43-64(57,58)59)41-60-46(52)39-37-35-33-31-29-27-25-23-20-18-16-14-12-10-8-6-4-2/h5-8,11-14,17-20,22,24,28,30,34,36,44-45,48-51,54-56H,3-4,9-10,15-16,21,23,25-27,29,31-33,35,37-43H2,1-2H3,(H,57,58,59)/b7-5-,8-6-,13-11-,14-12-,19-17-,20-18-,24-22-,30-28-,36-34-. The van der Waals surface area contributed by atoms with Crippen LogP contribution < -0.4 is 0 Å². The Bertz CT molecular complexity index is 1590. The van der Waals surface area contributed by atoms with Crippen LogP contribution in [-0.4, -0.2) is 96.0 Å². The van der Waals surface area contributed by atoms with Gasteiger partial charge in [-0.1, -0.05) is 155 Å². The number of carbonyl (C=O) groups excluding carboxylic acids is 2. The minimum atomic E-state index is -4.62. The molecule has 0 spiro atoms. The van der Waals surface area contributed by atoms with E-state index in [-0.39, 0.29) is 19.4 Å². The van der Waals surface area contributed by atoms with Crippen LogP contribution in [0.2, 0.25) is 0 Å². The summed E-state index contributed by atoms with van der Waals surface area (Å²) in [5, 5.41) is 30.9. The number of rotatable bonds is 37. The molecule has 13 heteroatoms. The second-order valence-electron chi connectivity index (χ2n) is 15.7. The summed E-state index contributed by atoms with van der Waals surface area (Å²) in [6, 6.07) is 0.